The minimum atomic E-state index is -0.585. The van der Waals surface area contributed by atoms with Gasteiger partial charge in [0.1, 0.15) is 6.04 Å². The number of urea groups is 1. The number of carbonyl (C=O) groups is 2. The van der Waals surface area contributed by atoms with E-state index >= 15 is 0 Å². The molecule has 1 heterocycles. The largest absolute Gasteiger partial charge is 0.352 e. The van der Waals surface area contributed by atoms with Gasteiger partial charge in [-0.15, -0.1) is 11.3 Å². The summed E-state index contributed by atoms with van der Waals surface area (Å²) in [5, 5.41) is 8.24. The van der Waals surface area contributed by atoms with Crippen LogP contribution in [-0.4, -0.2) is 24.0 Å². The molecular weight excluding hydrogens is 310 g/mol. The second-order valence-electron chi connectivity index (χ2n) is 5.02. The number of hydrogen-bond acceptors (Lipinski definition) is 3. The monoisotopic (exact) mass is 331 g/mol. The number of carbonyl (C=O) groups excluding carboxylic acids is 2. The van der Waals surface area contributed by atoms with Gasteiger partial charge in [-0.1, -0.05) is 18.5 Å². The lowest BCUT2D eigenvalue weighted by Crippen LogP contribution is -2.50. The maximum Gasteiger partial charge on any atom is 0.315 e. The summed E-state index contributed by atoms with van der Waals surface area (Å²) in [5.41, 5.74) is 0. The summed E-state index contributed by atoms with van der Waals surface area (Å²) in [5.74, 6) is -0.189. The number of hydrogen-bond donors (Lipinski definition) is 3. The van der Waals surface area contributed by atoms with E-state index in [4.69, 9.17) is 11.6 Å². The van der Waals surface area contributed by atoms with Crippen molar-refractivity contribution in [1.82, 2.24) is 16.0 Å². The third-order valence-electron chi connectivity index (χ3n) is 3.11. The molecule has 3 N–H and O–H groups in total. The highest BCUT2D eigenvalue weighted by atomic mass is 35.5. The molecule has 21 heavy (non-hydrogen) atoms. The molecule has 0 spiro atoms. The van der Waals surface area contributed by atoms with Crippen LogP contribution in [-0.2, 0) is 4.79 Å². The Labute approximate surface area is 134 Å². The molecule has 118 valence electrons. The van der Waals surface area contributed by atoms with Crippen molar-refractivity contribution in [2.75, 3.05) is 0 Å². The zero-order chi connectivity index (χ0) is 16.0. The fraction of sp³-hybridized carbons (Fsp3) is 0.571. The van der Waals surface area contributed by atoms with E-state index in [0.29, 0.717) is 4.34 Å². The molecule has 0 saturated carbocycles. The number of halogens is 1. The van der Waals surface area contributed by atoms with Gasteiger partial charge in [0, 0.05) is 10.9 Å². The molecule has 0 unspecified atom stereocenters. The highest BCUT2D eigenvalue weighted by Gasteiger charge is 2.18. The summed E-state index contributed by atoms with van der Waals surface area (Å²) in [7, 11) is 0. The van der Waals surface area contributed by atoms with E-state index in [1.54, 1.807) is 13.0 Å². The first kappa shape index (κ1) is 17.8. The Kier molecular flexibility index (Phi) is 6.98. The van der Waals surface area contributed by atoms with Gasteiger partial charge in [-0.25, -0.2) is 4.79 Å². The van der Waals surface area contributed by atoms with Crippen molar-refractivity contribution in [3.8, 4) is 0 Å². The maximum absolute atomic E-state index is 11.9. The number of thiophene rings is 1. The number of nitrogens with one attached hydrogen (secondary N) is 3. The minimum Gasteiger partial charge on any atom is -0.352 e. The summed E-state index contributed by atoms with van der Waals surface area (Å²) < 4.78 is 0.681. The number of amides is 3. The minimum absolute atomic E-state index is 0.0944. The van der Waals surface area contributed by atoms with Crippen molar-refractivity contribution in [2.45, 2.75) is 52.2 Å². The molecule has 7 heteroatoms. The summed E-state index contributed by atoms with van der Waals surface area (Å²) in [4.78, 5) is 24.7. The van der Waals surface area contributed by atoms with Crippen molar-refractivity contribution in [3.63, 3.8) is 0 Å². The van der Waals surface area contributed by atoms with Crippen LogP contribution in [0.2, 0.25) is 4.34 Å². The summed E-state index contributed by atoms with van der Waals surface area (Å²) in [6.07, 6.45) is 0.848. The average molecular weight is 332 g/mol. The third-order valence-corrected chi connectivity index (χ3v) is 4.52. The Morgan fingerprint density at radius 3 is 2.38 bits per heavy atom. The second kappa shape index (κ2) is 8.24. The maximum atomic E-state index is 11.9. The molecule has 3 atom stereocenters. The molecule has 3 amide bonds. The Bertz CT molecular complexity index is 492. The fourth-order valence-corrected chi connectivity index (χ4v) is 2.67. The van der Waals surface area contributed by atoms with Gasteiger partial charge in [0.15, 0.2) is 0 Å². The van der Waals surface area contributed by atoms with Gasteiger partial charge in [-0.3, -0.25) is 4.79 Å². The van der Waals surface area contributed by atoms with Crippen LogP contribution in [0.1, 0.15) is 45.0 Å². The molecule has 0 radical (unpaired) electrons. The lowest BCUT2D eigenvalue weighted by molar-refractivity contribution is -0.123. The summed E-state index contributed by atoms with van der Waals surface area (Å²) in [6, 6.07) is 2.64. The van der Waals surface area contributed by atoms with Crippen LogP contribution in [0.3, 0.4) is 0 Å². The lowest BCUT2D eigenvalue weighted by atomic mass is 10.2. The predicted octanol–water partition coefficient (Wildman–Crippen LogP) is 3.06. The first-order chi connectivity index (χ1) is 9.83. The molecule has 1 rings (SSSR count). The standard InChI is InChI=1S/C14H22ClN3O2S/c1-5-8(2)16-13(19)10(4)18-14(20)17-9(3)11-6-7-12(15)21-11/h6-10H,5H2,1-4H3,(H,16,19)(H2,17,18,20)/t8-,9+,10+/m0/s1. The molecule has 0 aliphatic rings. The molecule has 1 aromatic heterocycles. The zero-order valence-corrected chi connectivity index (χ0v) is 14.3. The molecule has 0 fully saturated rings. The molecule has 1 aromatic rings. The van der Waals surface area contributed by atoms with Gasteiger partial charge in [-0.05, 0) is 39.3 Å². The van der Waals surface area contributed by atoms with Crippen LogP contribution < -0.4 is 16.0 Å². The van der Waals surface area contributed by atoms with Crippen LogP contribution in [0.5, 0.6) is 0 Å². The van der Waals surface area contributed by atoms with Crippen LogP contribution in [0.25, 0.3) is 0 Å². The predicted molar refractivity (Wildman–Crippen MR) is 86.8 cm³/mol. The Morgan fingerprint density at radius 2 is 1.86 bits per heavy atom. The molecule has 0 saturated heterocycles. The van der Waals surface area contributed by atoms with Crippen molar-refractivity contribution >= 4 is 34.9 Å². The Balaban J connectivity index is 2.44. The molecule has 0 bridgehead atoms. The zero-order valence-electron chi connectivity index (χ0n) is 12.7. The first-order valence-corrected chi connectivity index (χ1v) is 8.15. The third kappa shape index (κ3) is 5.93. The van der Waals surface area contributed by atoms with Gasteiger partial charge in [0.05, 0.1) is 10.4 Å². The molecule has 0 aromatic carbocycles. The normalized spacial score (nSPS) is 14.9. The van der Waals surface area contributed by atoms with Crippen LogP contribution in [0, 0.1) is 0 Å². The van der Waals surface area contributed by atoms with E-state index in [9.17, 15) is 9.59 Å². The van der Waals surface area contributed by atoms with Gasteiger partial charge in [0.25, 0.3) is 0 Å². The summed E-state index contributed by atoms with van der Waals surface area (Å²) >= 11 is 7.28. The van der Waals surface area contributed by atoms with Gasteiger partial charge in [-0.2, -0.15) is 0 Å². The van der Waals surface area contributed by atoms with Gasteiger partial charge in [0.2, 0.25) is 5.91 Å². The molecule has 0 aliphatic carbocycles. The fourth-order valence-electron chi connectivity index (χ4n) is 1.60. The SMILES string of the molecule is CC[C@H](C)NC(=O)[C@@H](C)NC(=O)N[C@H](C)c1ccc(Cl)s1. The van der Waals surface area contributed by atoms with E-state index in [-0.39, 0.29) is 24.0 Å². The Hall–Kier alpha value is -1.27. The second-order valence-corrected chi connectivity index (χ2v) is 6.77. The van der Waals surface area contributed by atoms with Crippen LogP contribution in [0.15, 0.2) is 12.1 Å². The van der Waals surface area contributed by atoms with Crippen LogP contribution >= 0.6 is 22.9 Å². The smallest absolute Gasteiger partial charge is 0.315 e. The van der Waals surface area contributed by atoms with E-state index in [1.807, 2.05) is 26.8 Å². The van der Waals surface area contributed by atoms with Crippen LogP contribution in [0.4, 0.5) is 4.79 Å². The van der Waals surface area contributed by atoms with E-state index in [1.165, 1.54) is 11.3 Å². The summed E-state index contributed by atoms with van der Waals surface area (Å²) in [6.45, 7) is 7.44. The van der Waals surface area contributed by atoms with E-state index in [0.717, 1.165) is 11.3 Å². The topological polar surface area (TPSA) is 70.2 Å². The lowest BCUT2D eigenvalue weighted by Gasteiger charge is -2.19. The number of rotatable bonds is 6. The van der Waals surface area contributed by atoms with Crippen molar-refractivity contribution in [2.24, 2.45) is 0 Å². The first-order valence-electron chi connectivity index (χ1n) is 6.96. The average Bonchev–Trinajstić information content (AvgIpc) is 2.84. The van der Waals surface area contributed by atoms with Gasteiger partial charge >= 0.3 is 6.03 Å². The highest BCUT2D eigenvalue weighted by Crippen LogP contribution is 2.26. The van der Waals surface area contributed by atoms with E-state index < -0.39 is 6.04 Å². The Morgan fingerprint density at radius 1 is 1.19 bits per heavy atom. The highest BCUT2D eigenvalue weighted by molar-refractivity contribution is 7.16. The molecule has 5 nitrogen and oxygen atoms in total. The van der Waals surface area contributed by atoms with Gasteiger partial charge < -0.3 is 16.0 Å². The quantitative estimate of drug-likeness (QED) is 0.749. The van der Waals surface area contributed by atoms with Crippen molar-refractivity contribution < 1.29 is 9.59 Å². The van der Waals surface area contributed by atoms with E-state index in [2.05, 4.69) is 16.0 Å². The van der Waals surface area contributed by atoms with Crippen molar-refractivity contribution in [1.29, 1.82) is 0 Å². The molecule has 0 aliphatic heterocycles. The van der Waals surface area contributed by atoms with Crippen molar-refractivity contribution in [3.05, 3.63) is 21.3 Å². The molecular formula is C14H22ClN3O2S.